The molecule has 0 saturated carbocycles. The first-order valence-electron chi connectivity index (χ1n) is 6.03. The Kier molecular flexibility index (Phi) is 5.10. The Labute approximate surface area is 108 Å². The number of aliphatic hydroxyl groups excluding tert-OH is 1. The van der Waals surface area contributed by atoms with Crippen molar-refractivity contribution in [2.24, 2.45) is 0 Å². The predicted molar refractivity (Wildman–Crippen MR) is 72.3 cm³/mol. The van der Waals surface area contributed by atoms with Crippen LogP contribution in [0.15, 0.2) is 30.3 Å². The first-order chi connectivity index (χ1) is 8.42. The Morgan fingerprint density at radius 1 is 1.28 bits per heavy atom. The van der Waals surface area contributed by atoms with Gasteiger partial charge in [-0.1, -0.05) is 24.3 Å². The van der Waals surface area contributed by atoms with Crippen LogP contribution in [0.5, 0.6) is 0 Å². The van der Waals surface area contributed by atoms with Crippen LogP contribution in [0.25, 0.3) is 6.08 Å². The molecular formula is C15H20O3. The van der Waals surface area contributed by atoms with Gasteiger partial charge in [0.05, 0.1) is 5.56 Å². The van der Waals surface area contributed by atoms with Gasteiger partial charge in [-0.15, -0.1) is 0 Å². The number of esters is 1. The molecule has 0 aromatic heterocycles. The van der Waals surface area contributed by atoms with Crippen LogP contribution in [0.4, 0.5) is 0 Å². The number of rotatable bonds is 4. The molecule has 0 radical (unpaired) electrons. The Bertz CT molecular complexity index is 410. The molecule has 3 heteroatoms. The van der Waals surface area contributed by atoms with Gasteiger partial charge < -0.3 is 9.84 Å². The third-order valence-corrected chi connectivity index (χ3v) is 2.15. The molecule has 0 bridgehead atoms. The van der Waals surface area contributed by atoms with Crippen molar-refractivity contribution in [1.29, 1.82) is 0 Å². The number of hydrogen-bond acceptors (Lipinski definition) is 3. The van der Waals surface area contributed by atoms with Crippen molar-refractivity contribution >= 4 is 12.0 Å². The van der Waals surface area contributed by atoms with E-state index in [1.54, 1.807) is 12.1 Å². The lowest BCUT2D eigenvalue weighted by atomic mass is 10.1. The highest BCUT2D eigenvalue weighted by atomic mass is 16.6. The molecule has 0 fully saturated rings. The van der Waals surface area contributed by atoms with Gasteiger partial charge in [0.25, 0.3) is 0 Å². The van der Waals surface area contributed by atoms with Crippen molar-refractivity contribution in [2.45, 2.75) is 32.8 Å². The minimum Gasteiger partial charge on any atom is -0.456 e. The van der Waals surface area contributed by atoms with Crippen LogP contribution in [0.3, 0.4) is 0 Å². The van der Waals surface area contributed by atoms with Gasteiger partial charge >= 0.3 is 5.97 Å². The first-order valence-corrected chi connectivity index (χ1v) is 6.03. The standard InChI is InChI=1S/C15H20O3/c1-15(2,3)18-14(17)13-9-7-12(8-10-13)6-4-5-11-16/h4,6-10,16H,5,11H2,1-3H3/b6-4+. The first kappa shape index (κ1) is 14.5. The number of aliphatic hydroxyl groups is 1. The number of benzene rings is 1. The van der Waals surface area contributed by atoms with Gasteiger partial charge in [-0.3, -0.25) is 0 Å². The second-order valence-corrected chi connectivity index (χ2v) is 5.04. The van der Waals surface area contributed by atoms with E-state index in [1.165, 1.54) is 0 Å². The zero-order chi connectivity index (χ0) is 13.6. The van der Waals surface area contributed by atoms with E-state index in [9.17, 15) is 4.79 Å². The average Bonchev–Trinajstić information content (AvgIpc) is 2.28. The van der Waals surface area contributed by atoms with E-state index in [0.717, 1.165) is 5.56 Å². The summed E-state index contributed by atoms with van der Waals surface area (Å²) in [5.74, 6) is -0.312. The molecule has 0 unspecified atom stereocenters. The van der Waals surface area contributed by atoms with E-state index in [2.05, 4.69) is 0 Å². The summed E-state index contributed by atoms with van der Waals surface area (Å²) in [7, 11) is 0. The summed E-state index contributed by atoms with van der Waals surface area (Å²) >= 11 is 0. The highest BCUT2D eigenvalue weighted by molar-refractivity contribution is 5.89. The van der Waals surface area contributed by atoms with Crippen molar-refractivity contribution in [3.63, 3.8) is 0 Å². The second-order valence-electron chi connectivity index (χ2n) is 5.04. The topological polar surface area (TPSA) is 46.5 Å². The molecule has 0 heterocycles. The normalized spacial score (nSPS) is 11.8. The van der Waals surface area contributed by atoms with Crippen LogP contribution in [0.1, 0.15) is 43.1 Å². The summed E-state index contributed by atoms with van der Waals surface area (Å²) in [6, 6.07) is 7.19. The van der Waals surface area contributed by atoms with Gasteiger partial charge in [0.1, 0.15) is 5.60 Å². The van der Waals surface area contributed by atoms with Crippen LogP contribution in [0.2, 0.25) is 0 Å². The molecule has 0 amide bonds. The second kappa shape index (κ2) is 6.36. The Hall–Kier alpha value is -1.61. The van der Waals surface area contributed by atoms with Crippen molar-refractivity contribution in [2.75, 3.05) is 6.61 Å². The van der Waals surface area contributed by atoms with Gasteiger partial charge in [-0.2, -0.15) is 0 Å². The molecule has 18 heavy (non-hydrogen) atoms. The van der Waals surface area contributed by atoms with Crippen molar-refractivity contribution < 1.29 is 14.6 Å². The molecule has 0 aliphatic rings. The van der Waals surface area contributed by atoms with E-state index in [4.69, 9.17) is 9.84 Å². The molecule has 98 valence electrons. The van der Waals surface area contributed by atoms with Crippen molar-refractivity contribution in [1.82, 2.24) is 0 Å². The van der Waals surface area contributed by atoms with Gasteiger partial charge in [-0.05, 0) is 44.9 Å². The molecule has 1 rings (SSSR count). The fourth-order valence-electron chi connectivity index (χ4n) is 1.36. The number of ether oxygens (including phenoxy) is 1. The Morgan fingerprint density at radius 3 is 2.39 bits per heavy atom. The third-order valence-electron chi connectivity index (χ3n) is 2.15. The summed E-state index contributed by atoms with van der Waals surface area (Å²) in [6.07, 6.45) is 4.44. The highest BCUT2D eigenvalue weighted by Gasteiger charge is 2.17. The van der Waals surface area contributed by atoms with Crippen molar-refractivity contribution in [3.05, 3.63) is 41.5 Å². The van der Waals surface area contributed by atoms with Crippen LogP contribution < -0.4 is 0 Å². The SMILES string of the molecule is CC(C)(C)OC(=O)c1ccc(/C=C/CCO)cc1. The quantitative estimate of drug-likeness (QED) is 0.833. The molecule has 0 atom stereocenters. The molecule has 1 N–H and O–H groups in total. The highest BCUT2D eigenvalue weighted by Crippen LogP contribution is 2.13. The van der Waals surface area contributed by atoms with E-state index in [1.807, 2.05) is 45.1 Å². The average molecular weight is 248 g/mol. The summed E-state index contributed by atoms with van der Waals surface area (Å²) < 4.78 is 5.27. The molecule has 0 aliphatic heterocycles. The lowest BCUT2D eigenvalue weighted by molar-refractivity contribution is 0.00695. The van der Waals surface area contributed by atoms with E-state index in [0.29, 0.717) is 12.0 Å². The van der Waals surface area contributed by atoms with Crippen LogP contribution in [-0.2, 0) is 4.74 Å². The van der Waals surface area contributed by atoms with Crippen LogP contribution in [0, 0.1) is 0 Å². The lowest BCUT2D eigenvalue weighted by Crippen LogP contribution is -2.23. The molecule has 1 aromatic carbocycles. The van der Waals surface area contributed by atoms with Crippen molar-refractivity contribution in [3.8, 4) is 0 Å². The van der Waals surface area contributed by atoms with Gasteiger partial charge in [0, 0.05) is 6.61 Å². The monoisotopic (exact) mass is 248 g/mol. The number of hydrogen-bond donors (Lipinski definition) is 1. The maximum absolute atomic E-state index is 11.8. The summed E-state index contributed by atoms with van der Waals surface area (Å²) in [5, 5.41) is 8.66. The molecule has 0 spiro atoms. The van der Waals surface area contributed by atoms with Gasteiger partial charge in [-0.25, -0.2) is 4.79 Å². The number of carbonyl (C=O) groups excluding carboxylic acids is 1. The van der Waals surface area contributed by atoms with E-state index in [-0.39, 0.29) is 12.6 Å². The fraction of sp³-hybridized carbons (Fsp3) is 0.400. The van der Waals surface area contributed by atoms with E-state index < -0.39 is 5.60 Å². The van der Waals surface area contributed by atoms with Gasteiger partial charge in [0.2, 0.25) is 0 Å². The maximum Gasteiger partial charge on any atom is 0.338 e. The minimum absolute atomic E-state index is 0.145. The smallest absolute Gasteiger partial charge is 0.338 e. The Balaban J connectivity index is 2.68. The molecule has 1 aromatic rings. The third kappa shape index (κ3) is 5.15. The van der Waals surface area contributed by atoms with Gasteiger partial charge in [0.15, 0.2) is 0 Å². The summed E-state index contributed by atoms with van der Waals surface area (Å²) in [6.45, 7) is 5.68. The fourth-order valence-corrected chi connectivity index (χ4v) is 1.36. The lowest BCUT2D eigenvalue weighted by Gasteiger charge is -2.19. The molecule has 3 nitrogen and oxygen atoms in total. The number of carbonyl (C=O) groups is 1. The zero-order valence-corrected chi connectivity index (χ0v) is 11.1. The van der Waals surface area contributed by atoms with E-state index >= 15 is 0 Å². The zero-order valence-electron chi connectivity index (χ0n) is 11.1. The van der Waals surface area contributed by atoms with Crippen LogP contribution in [-0.4, -0.2) is 23.3 Å². The molecule has 0 aliphatic carbocycles. The predicted octanol–water partition coefficient (Wildman–Crippen LogP) is 3.04. The summed E-state index contributed by atoms with van der Waals surface area (Å²) in [5.41, 5.74) is 1.07. The van der Waals surface area contributed by atoms with Crippen LogP contribution >= 0.6 is 0 Å². The largest absolute Gasteiger partial charge is 0.456 e. The molecular weight excluding hydrogens is 228 g/mol. The summed E-state index contributed by atoms with van der Waals surface area (Å²) in [4.78, 5) is 11.8. The Morgan fingerprint density at radius 2 is 1.89 bits per heavy atom. The maximum atomic E-state index is 11.8. The minimum atomic E-state index is -0.475. The molecule has 0 saturated heterocycles.